The van der Waals surface area contributed by atoms with Gasteiger partial charge in [-0.15, -0.1) is 10.2 Å². The van der Waals surface area contributed by atoms with Gasteiger partial charge < -0.3 is 14.4 Å². The lowest BCUT2D eigenvalue weighted by Crippen LogP contribution is -1.97. The molecule has 6 nitrogen and oxygen atoms in total. The van der Waals surface area contributed by atoms with E-state index in [-0.39, 0.29) is 11.8 Å². The standard InChI is InChI=1S/C19H27N3O3/c1-4-6-8-12-22-16-11-10-14(25-3)13-15(16)18(19(22)24)21-20-17(23)9-7-5-2/h10-11,13,24H,4-9,12H2,1-3H3. The number of fused-ring (bicyclic) bond motifs is 1. The van der Waals surface area contributed by atoms with Gasteiger partial charge in [0, 0.05) is 18.4 Å². The van der Waals surface area contributed by atoms with E-state index in [1.807, 2.05) is 29.7 Å². The van der Waals surface area contributed by atoms with E-state index in [9.17, 15) is 9.90 Å². The number of benzene rings is 1. The van der Waals surface area contributed by atoms with Gasteiger partial charge in [-0.25, -0.2) is 0 Å². The van der Waals surface area contributed by atoms with Crippen molar-refractivity contribution in [2.24, 2.45) is 10.2 Å². The molecule has 1 N–H and O–H groups in total. The fourth-order valence-corrected chi connectivity index (χ4v) is 2.76. The molecule has 6 heteroatoms. The lowest BCUT2D eigenvalue weighted by Gasteiger charge is -2.06. The molecule has 0 aliphatic heterocycles. The van der Waals surface area contributed by atoms with Crippen LogP contribution in [-0.2, 0) is 11.3 Å². The van der Waals surface area contributed by atoms with Gasteiger partial charge in [-0.05, 0) is 31.0 Å². The molecule has 0 aliphatic rings. The predicted molar refractivity (Wildman–Crippen MR) is 98.7 cm³/mol. The Balaban J connectivity index is 2.40. The Bertz CT molecular complexity index is 750. The van der Waals surface area contributed by atoms with Gasteiger partial charge in [0.1, 0.15) is 5.75 Å². The third-order valence-corrected chi connectivity index (χ3v) is 4.21. The smallest absolute Gasteiger partial charge is 0.264 e. The molecule has 1 heterocycles. The molecule has 0 unspecified atom stereocenters. The van der Waals surface area contributed by atoms with E-state index in [1.54, 1.807) is 7.11 Å². The lowest BCUT2D eigenvalue weighted by atomic mass is 10.2. The quantitative estimate of drug-likeness (QED) is 0.492. The van der Waals surface area contributed by atoms with Crippen molar-refractivity contribution in [1.82, 2.24) is 4.57 Å². The van der Waals surface area contributed by atoms with Crippen molar-refractivity contribution in [1.29, 1.82) is 0 Å². The monoisotopic (exact) mass is 345 g/mol. The molecule has 0 aliphatic carbocycles. The average molecular weight is 345 g/mol. The first-order valence-electron chi connectivity index (χ1n) is 8.96. The third-order valence-electron chi connectivity index (χ3n) is 4.21. The average Bonchev–Trinajstić information content (AvgIpc) is 2.89. The van der Waals surface area contributed by atoms with Gasteiger partial charge in [0.05, 0.1) is 12.6 Å². The summed E-state index contributed by atoms with van der Waals surface area (Å²) in [6.45, 7) is 4.86. The molecule has 0 radical (unpaired) electrons. The Morgan fingerprint density at radius 3 is 2.64 bits per heavy atom. The summed E-state index contributed by atoms with van der Waals surface area (Å²) in [6.07, 6.45) is 5.25. The number of hydrogen-bond acceptors (Lipinski definition) is 4. The van der Waals surface area contributed by atoms with E-state index in [0.29, 0.717) is 24.4 Å². The van der Waals surface area contributed by atoms with Crippen LogP contribution in [0.15, 0.2) is 28.4 Å². The van der Waals surface area contributed by atoms with Crippen LogP contribution in [0, 0.1) is 0 Å². The lowest BCUT2D eigenvalue weighted by molar-refractivity contribution is -0.118. The second-order valence-electron chi connectivity index (χ2n) is 6.11. The van der Waals surface area contributed by atoms with Gasteiger partial charge in [-0.2, -0.15) is 0 Å². The fourth-order valence-electron chi connectivity index (χ4n) is 2.76. The summed E-state index contributed by atoms with van der Waals surface area (Å²) < 4.78 is 7.10. The summed E-state index contributed by atoms with van der Waals surface area (Å²) in [6, 6.07) is 5.57. The molecular formula is C19H27N3O3. The number of carbonyl (C=O) groups is 1. The Morgan fingerprint density at radius 2 is 1.96 bits per heavy atom. The Kier molecular flexibility index (Phi) is 6.98. The minimum atomic E-state index is -0.268. The summed E-state index contributed by atoms with van der Waals surface area (Å²) in [5, 5.41) is 19.2. The highest BCUT2D eigenvalue weighted by Crippen LogP contribution is 2.40. The summed E-state index contributed by atoms with van der Waals surface area (Å²) >= 11 is 0. The van der Waals surface area contributed by atoms with Crippen LogP contribution < -0.4 is 4.74 Å². The van der Waals surface area contributed by atoms with E-state index in [2.05, 4.69) is 17.2 Å². The topological polar surface area (TPSA) is 76.2 Å². The molecule has 2 aromatic rings. The van der Waals surface area contributed by atoms with Gasteiger partial charge >= 0.3 is 0 Å². The number of ether oxygens (including phenoxy) is 1. The van der Waals surface area contributed by atoms with Crippen LogP contribution in [-0.4, -0.2) is 22.7 Å². The number of aromatic hydroxyl groups is 1. The molecule has 0 atom stereocenters. The second-order valence-corrected chi connectivity index (χ2v) is 6.11. The first kappa shape index (κ1) is 19.0. The third kappa shape index (κ3) is 4.59. The van der Waals surface area contributed by atoms with Crippen molar-refractivity contribution in [3.8, 4) is 11.6 Å². The van der Waals surface area contributed by atoms with Crippen molar-refractivity contribution < 1.29 is 14.6 Å². The number of rotatable bonds is 9. The Hall–Kier alpha value is -2.37. The van der Waals surface area contributed by atoms with Crippen LogP contribution in [0.5, 0.6) is 11.6 Å². The van der Waals surface area contributed by atoms with Crippen molar-refractivity contribution in [2.45, 2.75) is 58.9 Å². The second kappa shape index (κ2) is 9.20. The van der Waals surface area contributed by atoms with E-state index in [0.717, 1.165) is 43.0 Å². The summed E-state index contributed by atoms with van der Waals surface area (Å²) in [4.78, 5) is 11.8. The zero-order valence-electron chi connectivity index (χ0n) is 15.3. The molecule has 1 aromatic heterocycles. The van der Waals surface area contributed by atoms with Gasteiger partial charge in [-0.1, -0.05) is 33.1 Å². The number of hydrogen-bond donors (Lipinski definition) is 1. The molecule has 25 heavy (non-hydrogen) atoms. The molecule has 136 valence electrons. The molecule has 0 spiro atoms. The molecule has 0 saturated carbocycles. The highest BCUT2D eigenvalue weighted by atomic mass is 16.5. The number of methoxy groups -OCH3 is 1. The maximum Gasteiger partial charge on any atom is 0.264 e. The molecule has 0 saturated heterocycles. The minimum Gasteiger partial charge on any atom is -0.497 e. The molecule has 1 amide bonds. The molecule has 0 fully saturated rings. The zero-order chi connectivity index (χ0) is 18.2. The van der Waals surface area contributed by atoms with Crippen molar-refractivity contribution in [2.75, 3.05) is 7.11 Å². The molecule has 2 rings (SSSR count). The maximum atomic E-state index is 11.8. The highest BCUT2D eigenvalue weighted by molar-refractivity contribution is 5.96. The summed E-state index contributed by atoms with van der Waals surface area (Å²) in [5.41, 5.74) is 1.19. The number of aromatic nitrogens is 1. The highest BCUT2D eigenvalue weighted by Gasteiger charge is 2.17. The Labute approximate surface area is 148 Å². The zero-order valence-corrected chi connectivity index (χ0v) is 15.3. The normalized spacial score (nSPS) is 11.5. The fraction of sp³-hybridized carbons (Fsp3) is 0.526. The van der Waals surface area contributed by atoms with Crippen LogP contribution in [0.2, 0.25) is 0 Å². The number of azo groups is 1. The predicted octanol–water partition coefficient (Wildman–Crippen LogP) is 5.35. The van der Waals surface area contributed by atoms with E-state index in [1.165, 1.54) is 0 Å². The largest absolute Gasteiger partial charge is 0.497 e. The minimum absolute atomic E-state index is 0.0476. The van der Waals surface area contributed by atoms with E-state index in [4.69, 9.17) is 4.74 Å². The summed E-state index contributed by atoms with van der Waals surface area (Å²) in [5.74, 6) is 0.453. The van der Waals surface area contributed by atoms with Crippen LogP contribution in [0.4, 0.5) is 5.69 Å². The molecule has 0 bridgehead atoms. The number of aryl methyl sites for hydroxylation is 1. The number of unbranched alkanes of at least 4 members (excludes halogenated alkanes) is 3. The Morgan fingerprint density at radius 1 is 1.20 bits per heavy atom. The van der Waals surface area contributed by atoms with E-state index >= 15 is 0 Å². The molecule has 1 aromatic carbocycles. The SMILES string of the molecule is CCCCCn1c(O)c(N=NC(=O)CCCC)c2cc(OC)ccc21. The van der Waals surface area contributed by atoms with Crippen molar-refractivity contribution >= 4 is 22.5 Å². The van der Waals surface area contributed by atoms with Crippen LogP contribution in [0.3, 0.4) is 0 Å². The first-order valence-corrected chi connectivity index (χ1v) is 8.96. The van der Waals surface area contributed by atoms with Gasteiger partial charge in [0.25, 0.3) is 5.91 Å². The van der Waals surface area contributed by atoms with Crippen LogP contribution in [0.1, 0.15) is 52.4 Å². The van der Waals surface area contributed by atoms with Crippen molar-refractivity contribution in [3.05, 3.63) is 18.2 Å². The first-order chi connectivity index (χ1) is 12.1. The van der Waals surface area contributed by atoms with Gasteiger partial charge in [-0.3, -0.25) is 4.79 Å². The maximum absolute atomic E-state index is 11.8. The van der Waals surface area contributed by atoms with Gasteiger partial charge in [0.15, 0.2) is 5.69 Å². The molecular weight excluding hydrogens is 318 g/mol. The number of amides is 1. The summed E-state index contributed by atoms with van der Waals surface area (Å²) in [7, 11) is 1.59. The van der Waals surface area contributed by atoms with Crippen LogP contribution in [0.25, 0.3) is 10.9 Å². The van der Waals surface area contributed by atoms with Crippen molar-refractivity contribution in [3.63, 3.8) is 0 Å². The van der Waals surface area contributed by atoms with Gasteiger partial charge in [0.2, 0.25) is 5.88 Å². The van der Waals surface area contributed by atoms with E-state index < -0.39 is 0 Å². The number of nitrogens with zero attached hydrogens (tertiary/aromatic N) is 3. The van der Waals surface area contributed by atoms with Crippen LogP contribution >= 0.6 is 0 Å². The number of carbonyl (C=O) groups excluding carboxylic acids is 1.